The van der Waals surface area contributed by atoms with Gasteiger partial charge in [0.2, 0.25) is 0 Å². The van der Waals surface area contributed by atoms with Crippen molar-refractivity contribution in [2.45, 2.75) is 27.7 Å². The summed E-state index contributed by atoms with van der Waals surface area (Å²) in [4.78, 5) is 49.1. The number of rotatable bonds is 8. The minimum Gasteiger partial charge on any atom is -0.462 e. The minimum absolute atomic E-state index is 0.0341. The van der Waals surface area contributed by atoms with Crippen LogP contribution in [0.1, 0.15) is 68.6 Å². The summed E-state index contributed by atoms with van der Waals surface area (Å²) in [5.74, 6) is -3.35. The Morgan fingerprint density at radius 1 is 0.600 bits per heavy atom. The van der Waals surface area contributed by atoms with E-state index in [0.29, 0.717) is 0 Å². The third kappa shape index (κ3) is 4.82. The Kier molecular flexibility index (Phi) is 8.15. The summed E-state index contributed by atoms with van der Waals surface area (Å²) in [7, 11) is -0.565. The fraction of sp³-hybridized carbons (Fsp3) is 0.500. The standard InChI is InChI=1S/C16H21O8P/c1-5-21-13(17)9-10(14(18)22-6-2)12(16(20)24-8-4)25-11(9)15(19)23-7-3/h25H,5-8H2,1-4H3. The van der Waals surface area contributed by atoms with Crippen LogP contribution in [-0.2, 0) is 18.9 Å². The first-order valence-electron chi connectivity index (χ1n) is 7.87. The molecule has 0 aliphatic carbocycles. The van der Waals surface area contributed by atoms with E-state index in [9.17, 15) is 19.2 Å². The Morgan fingerprint density at radius 3 is 1.16 bits per heavy atom. The van der Waals surface area contributed by atoms with Gasteiger partial charge >= 0.3 is 23.9 Å². The Labute approximate surface area is 146 Å². The number of hydrogen-bond donors (Lipinski definition) is 0. The zero-order valence-corrected chi connectivity index (χ0v) is 15.6. The Morgan fingerprint density at radius 2 is 0.880 bits per heavy atom. The Bertz CT molecular complexity index is 607. The fourth-order valence-electron chi connectivity index (χ4n) is 2.03. The summed E-state index contributed by atoms with van der Waals surface area (Å²) >= 11 is 0. The molecule has 0 N–H and O–H groups in total. The molecule has 0 atom stereocenters. The second-order valence-electron chi connectivity index (χ2n) is 4.51. The molecule has 0 aliphatic heterocycles. The molecular weight excluding hydrogens is 351 g/mol. The second kappa shape index (κ2) is 9.84. The molecule has 9 heteroatoms. The average molecular weight is 372 g/mol. The van der Waals surface area contributed by atoms with E-state index in [4.69, 9.17) is 18.9 Å². The van der Waals surface area contributed by atoms with Crippen LogP contribution in [-0.4, -0.2) is 50.3 Å². The van der Waals surface area contributed by atoms with Crippen molar-refractivity contribution in [1.82, 2.24) is 0 Å². The van der Waals surface area contributed by atoms with Crippen LogP contribution >= 0.6 is 8.19 Å². The van der Waals surface area contributed by atoms with Gasteiger partial charge in [-0.1, -0.05) is 0 Å². The average Bonchev–Trinajstić information content (AvgIpc) is 2.96. The summed E-state index contributed by atoms with van der Waals surface area (Å²) in [6, 6.07) is 0. The summed E-state index contributed by atoms with van der Waals surface area (Å²) in [5, 5.41) is -0.183. The fourth-order valence-corrected chi connectivity index (χ4v) is 3.33. The monoisotopic (exact) mass is 372 g/mol. The normalized spacial score (nSPS) is 10.1. The largest absolute Gasteiger partial charge is 0.462 e. The van der Waals surface area contributed by atoms with Gasteiger partial charge in [0.05, 0.1) is 48.1 Å². The predicted octanol–water partition coefficient (Wildman–Crippen LogP) is 2.42. The van der Waals surface area contributed by atoms with E-state index in [1.54, 1.807) is 27.7 Å². The highest BCUT2D eigenvalue weighted by Gasteiger charge is 2.35. The van der Waals surface area contributed by atoms with Gasteiger partial charge in [0, 0.05) is 0 Å². The van der Waals surface area contributed by atoms with Crippen LogP contribution in [0.3, 0.4) is 0 Å². The van der Waals surface area contributed by atoms with Gasteiger partial charge in [-0.3, -0.25) is 0 Å². The molecule has 0 saturated heterocycles. The second-order valence-corrected chi connectivity index (χ2v) is 5.76. The molecule has 0 spiro atoms. The number of carbonyl (C=O) groups excluding carboxylic acids is 4. The summed E-state index contributed by atoms with van der Waals surface area (Å²) in [5.41, 5.74) is -0.583. The molecule has 138 valence electrons. The molecule has 0 saturated carbocycles. The number of hydrogen-bond acceptors (Lipinski definition) is 8. The lowest BCUT2D eigenvalue weighted by atomic mass is 10.1. The number of carbonyl (C=O) groups is 4. The van der Waals surface area contributed by atoms with E-state index >= 15 is 0 Å². The SMILES string of the molecule is CCOC(=O)c1[pH]c(C(=O)OCC)c(C(=O)OCC)c1C(=O)OCC. The van der Waals surface area contributed by atoms with Gasteiger partial charge in [0.1, 0.15) is 0 Å². The molecule has 0 radical (unpaired) electrons. The summed E-state index contributed by atoms with van der Waals surface area (Å²) in [6.07, 6.45) is 0. The lowest BCUT2D eigenvalue weighted by Crippen LogP contribution is -2.18. The molecule has 0 amide bonds. The highest BCUT2D eigenvalue weighted by atomic mass is 31.0. The highest BCUT2D eigenvalue weighted by Crippen LogP contribution is 2.35. The molecule has 0 fully saturated rings. The molecule has 8 nitrogen and oxygen atoms in total. The van der Waals surface area contributed by atoms with Crippen molar-refractivity contribution < 1.29 is 38.1 Å². The molecule has 0 unspecified atom stereocenters. The molecule has 0 aromatic carbocycles. The van der Waals surface area contributed by atoms with Gasteiger partial charge in [0.25, 0.3) is 0 Å². The predicted molar refractivity (Wildman–Crippen MR) is 89.8 cm³/mol. The molecule has 25 heavy (non-hydrogen) atoms. The Hall–Kier alpha value is -2.34. The zero-order valence-electron chi connectivity index (χ0n) is 14.6. The third-order valence-corrected chi connectivity index (χ3v) is 4.33. The molecular formula is C16H21O8P. The first-order valence-corrected chi connectivity index (χ1v) is 8.87. The van der Waals surface area contributed by atoms with E-state index in [1.165, 1.54) is 0 Å². The van der Waals surface area contributed by atoms with Gasteiger partial charge < -0.3 is 18.9 Å². The lowest BCUT2D eigenvalue weighted by molar-refractivity contribution is 0.0453. The van der Waals surface area contributed by atoms with Gasteiger partial charge in [0.15, 0.2) is 0 Å². The summed E-state index contributed by atoms with van der Waals surface area (Å²) in [6.45, 7) is 6.59. The van der Waals surface area contributed by atoms with Crippen molar-refractivity contribution in [2.24, 2.45) is 0 Å². The van der Waals surface area contributed by atoms with E-state index < -0.39 is 32.1 Å². The van der Waals surface area contributed by atoms with Crippen molar-refractivity contribution in [3.05, 3.63) is 21.7 Å². The van der Waals surface area contributed by atoms with Crippen molar-refractivity contribution >= 4 is 32.1 Å². The van der Waals surface area contributed by atoms with Crippen LogP contribution in [0.25, 0.3) is 0 Å². The molecule has 0 bridgehead atoms. The molecule has 1 rings (SSSR count). The zero-order chi connectivity index (χ0) is 19.0. The lowest BCUT2D eigenvalue weighted by Gasteiger charge is -2.08. The molecule has 1 aromatic heterocycles. The summed E-state index contributed by atoms with van der Waals surface area (Å²) < 4.78 is 19.7. The van der Waals surface area contributed by atoms with E-state index in [-0.39, 0.29) is 48.1 Å². The number of esters is 4. The van der Waals surface area contributed by atoms with Gasteiger partial charge in [-0.05, 0) is 27.7 Å². The van der Waals surface area contributed by atoms with Crippen LogP contribution in [0.4, 0.5) is 0 Å². The van der Waals surface area contributed by atoms with E-state index in [2.05, 4.69) is 0 Å². The highest BCUT2D eigenvalue weighted by molar-refractivity contribution is 7.35. The number of ether oxygens (including phenoxy) is 4. The van der Waals surface area contributed by atoms with Crippen LogP contribution in [0, 0.1) is 0 Å². The van der Waals surface area contributed by atoms with Crippen molar-refractivity contribution in [1.29, 1.82) is 0 Å². The molecule has 1 heterocycles. The van der Waals surface area contributed by atoms with Crippen molar-refractivity contribution in [3.63, 3.8) is 0 Å². The van der Waals surface area contributed by atoms with Gasteiger partial charge in [-0.2, -0.15) is 0 Å². The quantitative estimate of drug-likeness (QED) is 0.506. The van der Waals surface area contributed by atoms with E-state index in [1.807, 2.05) is 0 Å². The smallest absolute Gasteiger partial charge is 0.342 e. The van der Waals surface area contributed by atoms with Crippen LogP contribution in [0.5, 0.6) is 0 Å². The Balaban J connectivity index is 3.63. The first kappa shape index (κ1) is 20.7. The maximum Gasteiger partial charge on any atom is 0.342 e. The van der Waals surface area contributed by atoms with Crippen LogP contribution < -0.4 is 0 Å². The third-order valence-electron chi connectivity index (χ3n) is 2.92. The van der Waals surface area contributed by atoms with Crippen LogP contribution in [0.15, 0.2) is 0 Å². The van der Waals surface area contributed by atoms with Crippen molar-refractivity contribution in [3.8, 4) is 0 Å². The van der Waals surface area contributed by atoms with Gasteiger partial charge in [-0.15, -0.1) is 8.19 Å². The first-order chi connectivity index (χ1) is 11.9. The molecule has 1 aromatic rings. The van der Waals surface area contributed by atoms with Crippen molar-refractivity contribution in [2.75, 3.05) is 26.4 Å². The van der Waals surface area contributed by atoms with Gasteiger partial charge in [-0.25, -0.2) is 19.2 Å². The molecule has 0 aliphatic rings. The topological polar surface area (TPSA) is 105 Å². The minimum atomic E-state index is -0.889. The van der Waals surface area contributed by atoms with E-state index in [0.717, 1.165) is 0 Å². The maximum atomic E-state index is 12.3. The maximum absolute atomic E-state index is 12.3. The van der Waals surface area contributed by atoms with Crippen LogP contribution in [0.2, 0.25) is 0 Å².